The molecule has 1 aromatic heterocycles. The SMILES string of the molecule is O=C(N[C@@H]1C[C@@H]2CCN(C2)C1)c1ccc(Oc2ccncc2Cl)cc1. The zero-order chi connectivity index (χ0) is 17.2. The molecule has 0 radical (unpaired) electrons. The average molecular weight is 358 g/mol. The van der Waals surface area contributed by atoms with Crippen molar-refractivity contribution in [3.05, 3.63) is 53.3 Å². The van der Waals surface area contributed by atoms with Crippen molar-refractivity contribution in [2.75, 3.05) is 19.6 Å². The number of ether oxygens (including phenoxy) is 1. The molecule has 0 saturated carbocycles. The lowest BCUT2D eigenvalue weighted by Crippen LogP contribution is -2.46. The number of aromatic nitrogens is 1. The van der Waals surface area contributed by atoms with Gasteiger partial charge in [0.05, 0.1) is 0 Å². The minimum Gasteiger partial charge on any atom is -0.456 e. The first-order valence-electron chi connectivity index (χ1n) is 8.58. The summed E-state index contributed by atoms with van der Waals surface area (Å²) in [5.41, 5.74) is 0.640. The van der Waals surface area contributed by atoms with Crippen molar-refractivity contribution in [2.24, 2.45) is 5.92 Å². The number of carbonyl (C=O) groups excluding carboxylic acids is 1. The maximum Gasteiger partial charge on any atom is 0.251 e. The standard InChI is InChI=1S/C19H20ClN3O2/c20-17-10-21-7-5-18(17)25-16-3-1-14(2-4-16)19(24)22-15-9-13-6-8-23(11-13)12-15/h1-5,7,10,13,15H,6,8-9,11-12H2,(H,22,24)/t13-,15+/m0/s1. The van der Waals surface area contributed by atoms with Gasteiger partial charge in [0.2, 0.25) is 0 Å². The number of halogens is 1. The fourth-order valence-electron chi connectivity index (χ4n) is 3.68. The van der Waals surface area contributed by atoms with Crippen molar-refractivity contribution in [1.29, 1.82) is 0 Å². The van der Waals surface area contributed by atoms with Gasteiger partial charge >= 0.3 is 0 Å². The Morgan fingerprint density at radius 3 is 2.84 bits per heavy atom. The third kappa shape index (κ3) is 3.78. The number of benzene rings is 1. The Kier molecular flexibility index (Phi) is 4.59. The molecule has 5 nitrogen and oxygen atoms in total. The van der Waals surface area contributed by atoms with E-state index in [9.17, 15) is 4.79 Å². The van der Waals surface area contributed by atoms with E-state index in [0.29, 0.717) is 22.1 Å². The number of amides is 1. The quantitative estimate of drug-likeness (QED) is 0.911. The van der Waals surface area contributed by atoms with Crippen LogP contribution in [-0.2, 0) is 0 Å². The fourth-order valence-corrected chi connectivity index (χ4v) is 3.84. The molecule has 25 heavy (non-hydrogen) atoms. The number of hydrogen-bond acceptors (Lipinski definition) is 4. The number of nitrogens with zero attached hydrogens (tertiary/aromatic N) is 2. The summed E-state index contributed by atoms with van der Waals surface area (Å²) >= 11 is 6.04. The van der Waals surface area contributed by atoms with Crippen LogP contribution >= 0.6 is 11.6 Å². The monoisotopic (exact) mass is 357 g/mol. The molecule has 2 aromatic rings. The molecule has 2 aliphatic heterocycles. The van der Waals surface area contributed by atoms with E-state index in [1.807, 2.05) is 0 Å². The third-order valence-corrected chi connectivity index (χ3v) is 5.17. The lowest BCUT2D eigenvalue weighted by molar-refractivity contribution is 0.0909. The average Bonchev–Trinajstić information content (AvgIpc) is 2.96. The van der Waals surface area contributed by atoms with E-state index in [1.165, 1.54) is 25.7 Å². The molecule has 1 aromatic carbocycles. The molecule has 130 valence electrons. The highest BCUT2D eigenvalue weighted by Crippen LogP contribution is 2.29. The van der Waals surface area contributed by atoms with Crippen LogP contribution in [0.15, 0.2) is 42.7 Å². The highest BCUT2D eigenvalue weighted by Gasteiger charge is 2.32. The van der Waals surface area contributed by atoms with Crippen LogP contribution in [0, 0.1) is 5.92 Å². The normalized spacial score (nSPS) is 24.8. The molecule has 0 aliphatic carbocycles. The van der Waals surface area contributed by atoms with Crippen LogP contribution in [0.5, 0.6) is 11.5 Å². The molecule has 2 bridgehead atoms. The van der Waals surface area contributed by atoms with Crippen molar-refractivity contribution in [1.82, 2.24) is 15.2 Å². The van der Waals surface area contributed by atoms with Gasteiger partial charge in [0.15, 0.2) is 0 Å². The van der Waals surface area contributed by atoms with Crippen LogP contribution < -0.4 is 10.1 Å². The highest BCUT2D eigenvalue weighted by atomic mass is 35.5. The maximum absolute atomic E-state index is 12.5. The van der Waals surface area contributed by atoms with Gasteiger partial charge in [0, 0.05) is 43.2 Å². The zero-order valence-corrected chi connectivity index (χ0v) is 14.6. The Morgan fingerprint density at radius 1 is 1.24 bits per heavy atom. The van der Waals surface area contributed by atoms with E-state index < -0.39 is 0 Å². The van der Waals surface area contributed by atoms with Gasteiger partial charge in [-0.1, -0.05) is 11.6 Å². The summed E-state index contributed by atoms with van der Waals surface area (Å²) in [6, 6.07) is 9.06. The molecule has 3 heterocycles. The molecule has 0 spiro atoms. The van der Waals surface area contributed by atoms with Gasteiger partial charge in [-0.25, -0.2) is 0 Å². The summed E-state index contributed by atoms with van der Waals surface area (Å²) in [4.78, 5) is 18.8. The van der Waals surface area contributed by atoms with Gasteiger partial charge in [-0.2, -0.15) is 0 Å². The summed E-state index contributed by atoms with van der Waals surface area (Å²) in [5, 5.41) is 3.61. The largest absolute Gasteiger partial charge is 0.456 e. The molecule has 1 amide bonds. The topological polar surface area (TPSA) is 54.5 Å². The van der Waals surface area contributed by atoms with Gasteiger partial charge in [-0.3, -0.25) is 9.78 Å². The molecular weight excluding hydrogens is 338 g/mol. The van der Waals surface area contributed by atoms with Gasteiger partial charge < -0.3 is 15.0 Å². The lowest BCUT2D eigenvalue weighted by Gasteiger charge is -2.30. The van der Waals surface area contributed by atoms with Crippen LogP contribution in [0.2, 0.25) is 5.02 Å². The van der Waals surface area contributed by atoms with Gasteiger partial charge in [-0.05, 0) is 49.6 Å². The van der Waals surface area contributed by atoms with E-state index in [4.69, 9.17) is 16.3 Å². The Hall–Kier alpha value is -2.11. The summed E-state index contributed by atoms with van der Waals surface area (Å²) in [7, 11) is 0. The number of nitrogens with one attached hydrogen (secondary N) is 1. The summed E-state index contributed by atoms with van der Waals surface area (Å²) < 4.78 is 5.72. The van der Waals surface area contributed by atoms with Crippen LogP contribution in [0.25, 0.3) is 0 Å². The summed E-state index contributed by atoms with van der Waals surface area (Å²) in [6.07, 6.45) is 5.50. The second kappa shape index (κ2) is 7.02. The summed E-state index contributed by atoms with van der Waals surface area (Å²) in [5.74, 6) is 1.88. The Balaban J connectivity index is 1.38. The molecule has 1 N–H and O–H groups in total. The van der Waals surface area contributed by atoms with Crippen LogP contribution in [-0.4, -0.2) is 41.5 Å². The first-order chi connectivity index (χ1) is 12.2. The van der Waals surface area contributed by atoms with Gasteiger partial charge in [0.25, 0.3) is 5.91 Å². The first kappa shape index (κ1) is 16.4. The summed E-state index contributed by atoms with van der Waals surface area (Å²) in [6.45, 7) is 3.32. The molecule has 3 atom stereocenters. The predicted molar refractivity (Wildman–Crippen MR) is 96.2 cm³/mol. The molecule has 2 saturated heterocycles. The van der Waals surface area contributed by atoms with Crippen molar-refractivity contribution >= 4 is 17.5 Å². The second-order valence-electron chi connectivity index (χ2n) is 6.75. The Bertz CT molecular complexity index is 754. The van der Waals surface area contributed by atoms with E-state index in [0.717, 1.165) is 18.9 Å². The minimum atomic E-state index is -0.0269. The third-order valence-electron chi connectivity index (χ3n) is 4.88. The number of carbonyl (C=O) groups is 1. The molecule has 4 rings (SSSR count). The van der Waals surface area contributed by atoms with Crippen molar-refractivity contribution < 1.29 is 9.53 Å². The van der Waals surface area contributed by atoms with Crippen LogP contribution in [0.4, 0.5) is 0 Å². The lowest BCUT2D eigenvalue weighted by atomic mass is 9.96. The van der Waals surface area contributed by atoms with Crippen molar-refractivity contribution in [2.45, 2.75) is 18.9 Å². The zero-order valence-electron chi connectivity index (χ0n) is 13.8. The van der Waals surface area contributed by atoms with Crippen LogP contribution in [0.1, 0.15) is 23.2 Å². The van der Waals surface area contributed by atoms with E-state index in [2.05, 4.69) is 15.2 Å². The predicted octanol–water partition coefficient (Wildman–Crippen LogP) is 3.35. The fraction of sp³-hybridized carbons (Fsp3) is 0.368. The smallest absolute Gasteiger partial charge is 0.251 e. The van der Waals surface area contributed by atoms with Gasteiger partial charge in [-0.15, -0.1) is 0 Å². The van der Waals surface area contributed by atoms with E-state index in [1.54, 1.807) is 36.5 Å². The molecule has 2 aliphatic rings. The minimum absolute atomic E-state index is 0.0269. The number of piperidine rings is 1. The number of fused-ring (bicyclic) bond motifs is 2. The van der Waals surface area contributed by atoms with Gasteiger partial charge in [0.1, 0.15) is 16.5 Å². The number of rotatable bonds is 4. The number of pyridine rings is 1. The molecular formula is C19H20ClN3O2. The molecule has 1 unspecified atom stereocenters. The van der Waals surface area contributed by atoms with Crippen molar-refractivity contribution in [3.63, 3.8) is 0 Å². The van der Waals surface area contributed by atoms with Crippen LogP contribution in [0.3, 0.4) is 0 Å². The molecule has 6 heteroatoms. The molecule has 2 fully saturated rings. The Labute approximate surface area is 152 Å². The Morgan fingerprint density at radius 2 is 2.08 bits per heavy atom. The van der Waals surface area contributed by atoms with Crippen molar-refractivity contribution in [3.8, 4) is 11.5 Å². The second-order valence-corrected chi connectivity index (χ2v) is 7.16. The maximum atomic E-state index is 12.5. The number of hydrogen-bond donors (Lipinski definition) is 1. The highest BCUT2D eigenvalue weighted by molar-refractivity contribution is 6.31. The van der Waals surface area contributed by atoms with E-state index >= 15 is 0 Å². The first-order valence-corrected chi connectivity index (χ1v) is 8.96. The van der Waals surface area contributed by atoms with E-state index in [-0.39, 0.29) is 11.9 Å².